The minimum atomic E-state index is -0.431. The van der Waals surface area contributed by atoms with Crippen molar-refractivity contribution in [1.82, 2.24) is 4.98 Å². The lowest BCUT2D eigenvalue weighted by atomic mass is 10.0. The Morgan fingerprint density at radius 2 is 1.31 bits per heavy atom. The molecule has 26 heavy (non-hydrogen) atoms. The van der Waals surface area contributed by atoms with Gasteiger partial charge < -0.3 is 4.42 Å². The Balaban J connectivity index is 1.59. The lowest BCUT2D eigenvalue weighted by Gasteiger charge is -2.02. The van der Waals surface area contributed by atoms with E-state index in [1.54, 1.807) is 18.3 Å². The summed E-state index contributed by atoms with van der Waals surface area (Å²) in [7, 11) is 0. The maximum Gasteiger partial charge on any atom is 0.269 e. The largest absolute Gasteiger partial charge is 0.436 e. The van der Waals surface area contributed by atoms with Gasteiger partial charge in [-0.05, 0) is 23.3 Å². The van der Waals surface area contributed by atoms with Crippen LogP contribution in [-0.2, 0) is 0 Å². The average molecular weight is 342 g/mol. The molecule has 0 atom stereocenters. The molecule has 0 radical (unpaired) electrons. The quantitative estimate of drug-likeness (QED) is 0.358. The van der Waals surface area contributed by atoms with Crippen LogP contribution < -0.4 is 0 Å². The molecule has 4 rings (SSSR count). The number of nitrogens with zero attached hydrogens (tertiary/aromatic N) is 2. The summed E-state index contributed by atoms with van der Waals surface area (Å²) in [6.45, 7) is 0. The molecule has 0 bridgehead atoms. The Bertz CT molecular complexity index is 1040. The van der Waals surface area contributed by atoms with E-state index in [1.165, 1.54) is 12.1 Å². The lowest BCUT2D eigenvalue weighted by molar-refractivity contribution is -0.384. The maximum absolute atomic E-state index is 10.7. The normalized spacial score (nSPS) is 10.6. The summed E-state index contributed by atoms with van der Waals surface area (Å²) in [6.07, 6.45) is 1.66. The number of benzene rings is 3. The third kappa shape index (κ3) is 3.10. The first-order valence-corrected chi connectivity index (χ1v) is 8.07. The van der Waals surface area contributed by atoms with Gasteiger partial charge in [-0.25, -0.2) is 4.98 Å². The third-order valence-corrected chi connectivity index (χ3v) is 4.11. The van der Waals surface area contributed by atoms with Crippen LogP contribution in [0.2, 0.25) is 0 Å². The smallest absolute Gasteiger partial charge is 0.269 e. The van der Waals surface area contributed by atoms with E-state index >= 15 is 0 Å². The van der Waals surface area contributed by atoms with E-state index in [9.17, 15) is 10.1 Å². The number of non-ortho nitro benzene ring substituents is 1. The van der Waals surface area contributed by atoms with E-state index in [4.69, 9.17) is 4.42 Å². The maximum atomic E-state index is 10.7. The first-order chi connectivity index (χ1) is 12.7. The van der Waals surface area contributed by atoms with Crippen molar-refractivity contribution in [2.45, 2.75) is 0 Å². The Morgan fingerprint density at radius 3 is 1.96 bits per heavy atom. The van der Waals surface area contributed by atoms with Crippen LogP contribution in [0.4, 0.5) is 5.69 Å². The van der Waals surface area contributed by atoms with Crippen LogP contribution in [-0.4, -0.2) is 9.91 Å². The number of oxazole rings is 1. The van der Waals surface area contributed by atoms with Gasteiger partial charge in [-0.1, -0.05) is 54.6 Å². The van der Waals surface area contributed by atoms with E-state index in [1.807, 2.05) is 42.5 Å². The Kier molecular flexibility index (Phi) is 4.03. The van der Waals surface area contributed by atoms with E-state index in [2.05, 4.69) is 17.1 Å². The fraction of sp³-hybridized carbons (Fsp3) is 0. The number of nitro benzene ring substituents is 1. The van der Waals surface area contributed by atoms with Crippen molar-refractivity contribution >= 4 is 5.69 Å². The molecule has 0 unspecified atom stereocenters. The van der Waals surface area contributed by atoms with Crippen LogP contribution in [0.5, 0.6) is 0 Å². The molecule has 3 aromatic carbocycles. The fourth-order valence-corrected chi connectivity index (χ4v) is 2.72. The zero-order valence-corrected chi connectivity index (χ0v) is 13.7. The summed E-state index contributed by atoms with van der Waals surface area (Å²) in [4.78, 5) is 14.6. The first kappa shape index (κ1) is 15.8. The van der Waals surface area contributed by atoms with Crippen molar-refractivity contribution in [1.29, 1.82) is 0 Å². The van der Waals surface area contributed by atoms with Crippen LogP contribution in [0.3, 0.4) is 0 Å². The molecule has 1 heterocycles. The minimum Gasteiger partial charge on any atom is -0.436 e. The second-order valence-corrected chi connectivity index (χ2v) is 5.78. The van der Waals surface area contributed by atoms with Crippen molar-refractivity contribution < 1.29 is 9.34 Å². The summed E-state index contributed by atoms with van der Waals surface area (Å²) >= 11 is 0. The molecular formula is C21H14N2O3. The van der Waals surface area contributed by atoms with Gasteiger partial charge in [0.15, 0.2) is 5.76 Å². The van der Waals surface area contributed by atoms with Crippen molar-refractivity contribution in [3.63, 3.8) is 0 Å². The van der Waals surface area contributed by atoms with Gasteiger partial charge in [0.05, 0.1) is 11.1 Å². The monoisotopic (exact) mass is 342 g/mol. The molecular weight excluding hydrogens is 328 g/mol. The molecule has 126 valence electrons. The van der Waals surface area contributed by atoms with Gasteiger partial charge >= 0.3 is 0 Å². The number of hydrogen-bond donors (Lipinski definition) is 0. The van der Waals surface area contributed by atoms with Crippen molar-refractivity contribution in [3.05, 3.63) is 95.2 Å². The summed E-state index contributed by atoms with van der Waals surface area (Å²) in [5.74, 6) is 1.08. The van der Waals surface area contributed by atoms with Crippen LogP contribution in [0.25, 0.3) is 33.9 Å². The molecule has 0 amide bonds. The Morgan fingerprint density at radius 1 is 0.731 bits per heavy atom. The van der Waals surface area contributed by atoms with Gasteiger partial charge in [-0.3, -0.25) is 10.1 Å². The molecule has 0 spiro atoms. The van der Waals surface area contributed by atoms with E-state index in [0.717, 1.165) is 16.7 Å². The molecule has 0 N–H and O–H groups in total. The fourth-order valence-electron chi connectivity index (χ4n) is 2.72. The molecule has 0 saturated carbocycles. The molecule has 0 aliphatic rings. The zero-order chi connectivity index (χ0) is 17.9. The molecule has 5 heteroatoms. The van der Waals surface area contributed by atoms with Crippen LogP contribution >= 0.6 is 0 Å². The van der Waals surface area contributed by atoms with Gasteiger partial charge in [0.1, 0.15) is 0 Å². The number of aromatic nitrogens is 1. The lowest BCUT2D eigenvalue weighted by Crippen LogP contribution is -1.87. The molecule has 0 aliphatic carbocycles. The minimum absolute atomic E-state index is 0.0389. The van der Waals surface area contributed by atoms with Gasteiger partial charge in [-0.2, -0.15) is 0 Å². The predicted molar refractivity (Wildman–Crippen MR) is 99.5 cm³/mol. The van der Waals surface area contributed by atoms with Crippen molar-refractivity contribution in [3.8, 4) is 33.9 Å². The van der Waals surface area contributed by atoms with E-state index in [-0.39, 0.29) is 5.69 Å². The molecule has 1 aromatic heterocycles. The first-order valence-electron chi connectivity index (χ1n) is 8.07. The highest BCUT2D eigenvalue weighted by atomic mass is 16.6. The Hall–Kier alpha value is -3.73. The SMILES string of the molecule is O=[N+]([O-])c1ccc(-c2ncc(-c3ccc(-c4ccccc4)cc3)o2)cc1. The van der Waals surface area contributed by atoms with Gasteiger partial charge in [0, 0.05) is 23.3 Å². The average Bonchev–Trinajstić information content (AvgIpc) is 3.19. The Labute approximate surface area is 149 Å². The third-order valence-electron chi connectivity index (χ3n) is 4.11. The number of hydrogen-bond acceptors (Lipinski definition) is 4. The predicted octanol–water partition coefficient (Wildman–Crippen LogP) is 5.58. The van der Waals surface area contributed by atoms with Gasteiger partial charge in [-0.15, -0.1) is 0 Å². The summed E-state index contributed by atoms with van der Waals surface area (Å²) in [5.41, 5.74) is 3.94. The van der Waals surface area contributed by atoms with Crippen LogP contribution in [0.1, 0.15) is 0 Å². The van der Waals surface area contributed by atoms with Gasteiger partial charge in [0.2, 0.25) is 5.89 Å². The molecule has 0 fully saturated rings. The molecule has 0 aliphatic heterocycles. The summed E-state index contributed by atoms with van der Waals surface area (Å²) in [6, 6.07) is 24.3. The van der Waals surface area contributed by atoms with Crippen molar-refractivity contribution in [2.24, 2.45) is 0 Å². The molecule has 4 aromatic rings. The number of nitro groups is 1. The van der Waals surface area contributed by atoms with Gasteiger partial charge in [0.25, 0.3) is 5.69 Å². The molecule has 0 saturated heterocycles. The highest BCUT2D eigenvalue weighted by Gasteiger charge is 2.11. The van der Waals surface area contributed by atoms with Crippen LogP contribution in [0.15, 0.2) is 89.5 Å². The van der Waals surface area contributed by atoms with E-state index in [0.29, 0.717) is 17.2 Å². The second kappa shape index (κ2) is 6.64. The van der Waals surface area contributed by atoms with Crippen LogP contribution in [0, 0.1) is 10.1 Å². The number of rotatable bonds is 4. The highest BCUT2D eigenvalue weighted by Crippen LogP contribution is 2.29. The van der Waals surface area contributed by atoms with E-state index < -0.39 is 4.92 Å². The highest BCUT2D eigenvalue weighted by molar-refractivity contribution is 5.68. The summed E-state index contributed by atoms with van der Waals surface area (Å²) in [5, 5.41) is 10.7. The zero-order valence-electron chi connectivity index (χ0n) is 13.7. The molecule has 5 nitrogen and oxygen atoms in total. The standard InChI is InChI=1S/C21H14N2O3/c24-23(25)19-12-10-18(11-13-19)21-22-14-20(26-21)17-8-6-16(7-9-17)15-4-2-1-3-5-15/h1-14H. The van der Waals surface area contributed by atoms with Crippen molar-refractivity contribution in [2.75, 3.05) is 0 Å². The summed E-state index contributed by atoms with van der Waals surface area (Å²) < 4.78 is 5.82. The second-order valence-electron chi connectivity index (χ2n) is 5.78. The topological polar surface area (TPSA) is 69.2 Å².